The van der Waals surface area contributed by atoms with Crippen LogP contribution in [-0.4, -0.2) is 42.5 Å². The highest BCUT2D eigenvalue weighted by Gasteiger charge is 2.37. The van der Waals surface area contributed by atoms with Crippen LogP contribution in [0, 0.1) is 13.8 Å². The number of likely N-dealkylation sites (tertiary alicyclic amines) is 1. The Bertz CT molecular complexity index is 527. The predicted octanol–water partition coefficient (Wildman–Crippen LogP) is 1.99. The molecule has 2 rings (SSSR count). The third kappa shape index (κ3) is 3.87. The lowest BCUT2D eigenvalue weighted by Crippen LogP contribution is -2.45. The number of nitrogens with one attached hydrogen (secondary N) is 2. The fraction of sp³-hybridized carbons (Fsp3) is 0.611. The SMILES string of the molecule is CNC(=O)[C@@H]1C[C@H](NCc2cc(C)ccc2C)CN1C(C)C. The molecule has 4 nitrogen and oxygen atoms in total. The molecule has 22 heavy (non-hydrogen) atoms. The van der Waals surface area contributed by atoms with Crippen LogP contribution in [0.2, 0.25) is 0 Å². The van der Waals surface area contributed by atoms with E-state index >= 15 is 0 Å². The van der Waals surface area contributed by atoms with Crippen molar-refractivity contribution in [2.75, 3.05) is 13.6 Å². The standard InChI is InChI=1S/C18H29N3O/c1-12(2)21-11-16(9-17(21)18(22)19-5)20-10-15-8-13(3)6-7-14(15)4/h6-8,12,16-17,20H,9-11H2,1-5H3,(H,19,22)/t16-,17-/m0/s1. The van der Waals surface area contributed by atoms with Crippen LogP contribution in [0.1, 0.15) is 37.0 Å². The van der Waals surface area contributed by atoms with Crippen molar-refractivity contribution in [3.8, 4) is 0 Å². The van der Waals surface area contributed by atoms with Gasteiger partial charge in [-0.3, -0.25) is 9.69 Å². The number of benzene rings is 1. The molecule has 0 bridgehead atoms. The van der Waals surface area contributed by atoms with Crippen LogP contribution in [0.4, 0.5) is 0 Å². The van der Waals surface area contributed by atoms with Crippen molar-refractivity contribution in [1.82, 2.24) is 15.5 Å². The Labute approximate surface area is 134 Å². The van der Waals surface area contributed by atoms with Crippen molar-refractivity contribution in [1.29, 1.82) is 0 Å². The van der Waals surface area contributed by atoms with Crippen molar-refractivity contribution >= 4 is 5.91 Å². The van der Waals surface area contributed by atoms with E-state index in [1.165, 1.54) is 16.7 Å². The minimum atomic E-state index is -0.0129. The predicted molar refractivity (Wildman–Crippen MR) is 90.9 cm³/mol. The molecule has 0 saturated carbocycles. The van der Waals surface area contributed by atoms with Gasteiger partial charge in [0.2, 0.25) is 5.91 Å². The third-order valence-electron chi connectivity index (χ3n) is 4.64. The van der Waals surface area contributed by atoms with Gasteiger partial charge in [0.15, 0.2) is 0 Å². The van der Waals surface area contributed by atoms with E-state index in [1.807, 2.05) is 0 Å². The molecule has 0 radical (unpaired) electrons. The zero-order valence-electron chi connectivity index (χ0n) is 14.4. The van der Waals surface area contributed by atoms with Crippen LogP contribution in [0.5, 0.6) is 0 Å². The van der Waals surface area contributed by atoms with Crippen molar-refractivity contribution in [3.05, 3.63) is 34.9 Å². The topological polar surface area (TPSA) is 44.4 Å². The lowest BCUT2D eigenvalue weighted by Gasteiger charge is -2.26. The van der Waals surface area contributed by atoms with Gasteiger partial charge < -0.3 is 10.6 Å². The van der Waals surface area contributed by atoms with Gasteiger partial charge in [0.05, 0.1) is 6.04 Å². The Morgan fingerprint density at radius 1 is 1.36 bits per heavy atom. The number of carbonyl (C=O) groups is 1. The first-order valence-electron chi connectivity index (χ1n) is 8.19. The van der Waals surface area contributed by atoms with Gasteiger partial charge in [-0.1, -0.05) is 23.8 Å². The minimum absolute atomic E-state index is 0.0129. The van der Waals surface area contributed by atoms with Crippen molar-refractivity contribution in [3.63, 3.8) is 0 Å². The second-order valence-electron chi connectivity index (χ2n) is 6.66. The monoisotopic (exact) mass is 303 g/mol. The fourth-order valence-electron chi connectivity index (χ4n) is 3.25. The molecule has 0 aliphatic carbocycles. The van der Waals surface area contributed by atoms with Gasteiger partial charge in [-0.15, -0.1) is 0 Å². The van der Waals surface area contributed by atoms with Gasteiger partial charge in [-0.05, 0) is 45.2 Å². The minimum Gasteiger partial charge on any atom is -0.358 e. The molecule has 2 N–H and O–H groups in total. The van der Waals surface area contributed by atoms with Crippen molar-refractivity contribution < 1.29 is 4.79 Å². The van der Waals surface area contributed by atoms with E-state index in [1.54, 1.807) is 7.05 Å². The number of carbonyl (C=O) groups excluding carboxylic acids is 1. The number of likely N-dealkylation sites (N-methyl/N-ethyl adjacent to an activating group) is 1. The first-order valence-corrected chi connectivity index (χ1v) is 8.19. The Kier molecular flexibility index (Phi) is 5.59. The fourth-order valence-corrected chi connectivity index (χ4v) is 3.25. The highest BCUT2D eigenvalue weighted by Crippen LogP contribution is 2.21. The van der Waals surface area contributed by atoms with Crippen LogP contribution in [0.15, 0.2) is 18.2 Å². The molecule has 1 amide bonds. The molecule has 4 heteroatoms. The Balaban J connectivity index is 1.99. The van der Waals surface area contributed by atoms with Gasteiger partial charge in [-0.25, -0.2) is 0 Å². The lowest BCUT2D eigenvalue weighted by atomic mass is 10.0. The molecule has 2 atom stereocenters. The molecule has 0 aromatic heterocycles. The number of nitrogens with zero attached hydrogens (tertiary/aromatic N) is 1. The Morgan fingerprint density at radius 2 is 2.09 bits per heavy atom. The summed E-state index contributed by atoms with van der Waals surface area (Å²) < 4.78 is 0. The van der Waals surface area contributed by atoms with E-state index < -0.39 is 0 Å². The van der Waals surface area contributed by atoms with Crippen molar-refractivity contribution in [2.45, 2.75) is 58.8 Å². The summed E-state index contributed by atoms with van der Waals surface area (Å²) in [6.45, 7) is 10.4. The number of hydrogen-bond acceptors (Lipinski definition) is 3. The van der Waals surface area contributed by atoms with E-state index in [4.69, 9.17) is 0 Å². The largest absolute Gasteiger partial charge is 0.358 e. The number of amides is 1. The van der Waals surface area contributed by atoms with Crippen LogP contribution in [0.3, 0.4) is 0 Å². The Hall–Kier alpha value is -1.39. The summed E-state index contributed by atoms with van der Waals surface area (Å²) in [6.07, 6.45) is 0.878. The summed E-state index contributed by atoms with van der Waals surface area (Å²) in [5, 5.41) is 6.43. The molecule has 1 aromatic carbocycles. The smallest absolute Gasteiger partial charge is 0.237 e. The van der Waals surface area contributed by atoms with E-state index in [9.17, 15) is 4.79 Å². The summed E-state index contributed by atoms with van der Waals surface area (Å²) in [5.41, 5.74) is 3.96. The van der Waals surface area contributed by atoms with Crippen LogP contribution >= 0.6 is 0 Å². The van der Waals surface area contributed by atoms with E-state index in [2.05, 4.69) is 61.4 Å². The molecule has 1 saturated heterocycles. The zero-order chi connectivity index (χ0) is 16.3. The van der Waals surface area contributed by atoms with E-state index in [0.717, 1.165) is 19.5 Å². The number of hydrogen-bond donors (Lipinski definition) is 2. The van der Waals surface area contributed by atoms with Gasteiger partial charge in [0, 0.05) is 32.2 Å². The number of aryl methyl sites for hydroxylation is 2. The quantitative estimate of drug-likeness (QED) is 0.874. The van der Waals surface area contributed by atoms with Crippen LogP contribution < -0.4 is 10.6 Å². The summed E-state index contributed by atoms with van der Waals surface area (Å²) in [6, 6.07) is 7.31. The first-order chi connectivity index (χ1) is 10.4. The molecule has 122 valence electrons. The molecule has 1 aromatic rings. The molecule has 0 spiro atoms. The van der Waals surface area contributed by atoms with Crippen LogP contribution in [0.25, 0.3) is 0 Å². The summed E-state index contributed by atoms with van der Waals surface area (Å²) in [5.74, 6) is 0.129. The summed E-state index contributed by atoms with van der Waals surface area (Å²) >= 11 is 0. The maximum absolute atomic E-state index is 12.1. The van der Waals surface area contributed by atoms with Gasteiger partial charge in [0.1, 0.15) is 0 Å². The third-order valence-corrected chi connectivity index (χ3v) is 4.64. The second kappa shape index (κ2) is 7.25. The first kappa shape index (κ1) is 17.0. The van der Waals surface area contributed by atoms with E-state index in [-0.39, 0.29) is 11.9 Å². The maximum Gasteiger partial charge on any atom is 0.237 e. The summed E-state index contributed by atoms with van der Waals surface area (Å²) in [4.78, 5) is 14.4. The molecular weight excluding hydrogens is 274 g/mol. The van der Waals surface area contributed by atoms with Crippen molar-refractivity contribution in [2.24, 2.45) is 0 Å². The highest BCUT2D eigenvalue weighted by molar-refractivity contribution is 5.81. The molecule has 0 unspecified atom stereocenters. The summed E-state index contributed by atoms with van der Waals surface area (Å²) in [7, 11) is 1.72. The molecule has 1 fully saturated rings. The van der Waals surface area contributed by atoms with Gasteiger partial charge >= 0.3 is 0 Å². The van der Waals surface area contributed by atoms with Gasteiger partial charge in [-0.2, -0.15) is 0 Å². The second-order valence-corrected chi connectivity index (χ2v) is 6.66. The van der Waals surface area contributed by atoms with Crippen LogP contribution in [-0.2, 0) is 11.3 Å². The molecule has 1 heterocycles. The molecular formula is C18H29N3O. The normalized spacial score (nSPS) is 22.3. The zero-order valence-corrected chi connectivity index (χ0v) is 14.4. The average Bonchev–Trinajstić information content (AvgIpc) is 2.92. The molecule has 1 aliphatic heterocycles. The average molecular weight is 303 g/mol. The van der Waals surface area contributed by atoms with E-state index in [0.29, 0.717) is 12.1 Å². The molecule has 1 aliphatic rings. The Morgan fingerprint density at radius 3 is 2.73 bits per heavy atom. The van der Waals surface area contributed by atoms with Gasteiger partial charge in [0.25, 0.3) is 0 Å². The maximum atomic E-state index is 12.1. The highest BCUT2D eigenvalue weighted by atomic mass is 16.2. The lowest BCUT2D eigenvalue weighted by molar-refractivity contribution is -0.125. The number of rotatable bonds is 5.